The molecule has 0 fully saturated rings. The fourth-order valence-corrected chi connectivity index (χ4v) is 3.69. The molecule has 4 rings (SSSR count). The molecule has 0 radical (unpaired) electrons. The quantitative estimate of drug-likeness (QED) is 0.516. The van der Waals surface area contributed by atoms with Crippen LogP contribution in [0.3, 0.4) is 0 Å². The van der Waals surface area contributed by atoms with E-state index in [-0.39, 0.29) is 0 Å². The van der Waals surface area contributed by atoms with Crippen molar-refractivity contribution in [3.8, 4) is 0 Å². The van der Waals surface area contributed by atoms with Gasteiger partial charge in [0.1, 0.15) is 0 Å². The Balaban J connectivity index is 1.76. The van der Waals surface area contributed by atoms with Crippen LogP contribution in [0.5, 0.6) is 0 Å². The lowest BCUT2D eigenvalue weighted by Gasteiger charge is -2.02. The summed E-state index contributed by atoms with van der Waals surface area (Å²) in [7, 11) is 0. The molecule has 5 heteroatoms. The number of para-hydroxylation sites is 1. The summed E-state index contributed by atoms with van der Waals surface area (Å²) in [6.45, 7) is 2.66. The molecule has 2 heterocycles. The van der Waals surface area contributed by atoms with Crippen LogP contribution in [0.15, 0.2) is 41.8 Å². The van der Waals surface area contributed by atoms with Crippen LogP contribution in [0.25, 0.3) is 21.8 Å². The third-order valence-corrected chi connectivity index (χ3v) is 4.92. The number of anilines is 2. The summed E-state index contributed by atoms with van der Waals surface area (Å²) in [4.78, 5) is 8.01. The second-order valence-electron chi connectivity index (χ2n) is 5.55. The molecule has 116 valence electrons. The zero-order chi connectivity index (χ0) is 15.8. The van der Waals surface area contributed by atoms with Gasteiger partial charge < -0.3 is 16.0 Å². The summed E-state index contributed by atoms with van der Waals surface area (Å²) >= 11 is 1.57. The molecule has 4 aromatic rings. The number of thiazole rings is 1. The van der Waals surface area contributed by atoms with Gasteiger partial charge >= 0.3 is 0 Å². The van der Waals surface area contributed by atoms with E-state index in [1.54, 1.807) is 11.3 Å². The molecule has 0 bridgehead atoms. The summed E-state index contributed by atoms with van der Waals surface area (Å²) in [5, 5.41) is 8.74. The minimum atomic E-state index is 0.471. The van der Waals surface area contributed by atoms with Crippen molar-refractivity contribution in [2.45, 2.75) is 19.9 Å². The Morgan fingerprint density at radius 3 is 2.91 bits per heavy atom. The SMILES string of the molecule is CCc1cccc2c1[nH]c1cc(Nc3nc(CN)cs3)ccc12. The highest BCUT2D eigenvalue weighted by Crippen LogP contribution is 2.31. The van der Waals surface area contributed by atoms with Crippen LogP contribution in [-0.2, 0) is 13.0 Å². The standard InChI is InChI=1S/C18H18N4S/c1-2-11-4-3-5-15-14-7-6-12(8-16(14)22-17(11)15)20-18-21-13(9-19)10-23-18/h3-8,10,22H,2,9,19H2,1H3,(H,20,21). The first-order chi connectivity index (χ1) is 11.3. The molecule has 23 heavy (non-hydrogen) atoms. The molecule has 0 amide bonds. The maximum atomic E-state index is 5.61. The Hall–Kier alpha value is -2.37. The number of fused-ring (bicyclic) bond motifs is 3. The van der Waals surface area contributed by atoms with E-state index >= 15 is 0 Å². The van der Waals surface area contributed by atoms with E-state index in [0.29, 0.717) is 6.54 Å². The Kier molecular flexibility index (Phi) is 3.52. The Bertz CT molecular complexity index is 983. The van der Waals surface area contributed by atoms with Gasteiger partial charge in [-0.2, -0.15) is 0 Å². The van der Waals surface area contributed by atoms with Crippen molar-refractivity contribution >= 4 is 44.0 Å². The van der Waals surface area contributed by atoms with E-state index in [1.165, 1.54) is 21.9 Å². The zero-order valence-electron chi connectivity index (χ0n) is 12.9. The Morgan fingerprint density at radius 1 is 1.22 bits per heavy atom. The molecular formula is C18H18N4S. The number of nitrogens with two attached hydrogens (primary N) is 1. The van der Waals surface area contributed by atoms with Gasteiger partial charge in [-0.3, -0.25) is 0 Å². The van der Waals surface area contributed by atoms with E-state index in [2.05, 4.69) is 58.6 Å². The van der Waals surface area contributed by atoms with Gasteiger partial charge in [0, 0.05) is 39.4 Å². The Labute approximate surface area is 138 Å². The largest absolute Gasteiger partial charge is 0.354 e. The molecule has 2 aromatic heterocycles. The van der Waals surface area contributed by atoms with Crippen molar-refractivity contribution in [2.24, 2.45) is 5.73 Å². The van der Waals surface area contributed by atoms with E-state index in [4.69, 9.17) is 5.73 Å². The maximum absolute atomic E-state index is 5.61. The van der Waals surface area contributed by atoms with Gasteiger partial charge in [0.05, 0.1) is 5.69 Å². The highest BCUT2D eigenvalue weighted by atomic mass is 32.1. The van der Waals surface area contributed by atoms with Crippen LogP contribution in [0.4, 0.5) is 10.8 Å². The lowest BCUT2D eigenvalue weighted by Crippen LogP contribution is -1.96. The van der Waals surface area contributed by atoms with E-state index in [1.807, 2.05) is 5.38 Å². The van der Waals surface area contributed by atoms with Gasteiger partial charge in [-0.25, -0.2) is 4.98 Å². The molecule has 0 saturated carbocycles. The number of benzene rings is 2. The molecule has 0 saturated heterocycles. The molecule has 0 unspecified atom stereocenters. The van der Waals surface area contributed by atoms with Crippen molar-refractivity contribution in [3.63, 3.8) is 0 Å². The smallest absolute Gasteiger partial charge is 0.187 e. The van der Waals surface area contributed by atoms with Gasteiger partial charge in [-0.15, -0.1) is 11.3 Å². The number of nitrogens with zero attached hydrogens (tertiary/aromatic N) is 1. The van der Waals surface area contributed by atoms with Gasteiger partial charge in [0.15, 0.2) is 5.13 Å². The van der Waals surface area contributed by atoms with Crippen LogP contribution in [0.1, 0.15) is 18.2 Å². The fraction of sp³-hybridized carbons (Fsp3) is 0.167. The highest BCUT2D eigenvalue weighted by molar-refractivity contribution is 7.13. The number of nitrogens with one attached hydrogen (secondary N) is 2. The average molecular weight is 322 g/mol. The molecule has 4 nitrogen and oxygen atoms in total. The number of H-pyrrole nitrogens is 1. The van der Waals surface area contributed by atoms with Crippen molar-refractivity contribution in [1.82, 2.24) is 9.97 Å². The monoisotopic (exact) mass is 322 g/mol. The number of rotatable bonds is 4. The van der Waals surface area contributed by atoms with Crippen molar-refractivity contribution in [2.75, 3.05) is 5.32 Å². The molecule has 0 atom stereocenters. The number of aromatic nitrogens is 2. The third-order valence-electron chi connectivity index (χ3n) is 4.11. The molecule has 0 aliphatic rings. The fourth-order valence-electron chi connectivity index (χ4n) is 2.94. The third kappa shape index (κ3) is 2.48. The Morgan fingerprint density at radius 2 is 2.13 bits per heavy atom. The van der Waals surface area contributed by atoms with Crippen LogP contribution < -0.4 is 11.1 Å². The minimum Gasteiger partial charge on any atom is -0.354 e. The van der Waals surface area contributed by atoms with Gasteiger partial charge in [0.25, 0.3) is 0 Å². The van der Waals surface area contributed by atoms with Crippen molar-refractivity contribution in [3.05, 3.63) is 53.0 Å². The molecule has 4 N–H and O–H groups in total. The predicted octanol–water partition coefficient (Wildman–Crippen LogP) is 4.54. The summed E-state index contributed by atoms with van der Waals surface area (Å²) in [6.07, 6.45) is 1.02. The first-order valence-electron chi connectivity index (χ1n) is 7.73. The minimum absolute atomic E-state index is 0.471. The predicted molar refractivity (Wildman–Crippen MR) is 98.5 cm³/mol. The van der Waals surface area contributed by atoms with Crippen LogP contribution >= 0.6 is 11.3 Å². The number of aromatic amines is 1. The zero-order valence-corrected chi connectivity index (χ0v) is 13.7. The highest BCUT2D eigenvalue weighted by Gasteiger charge is 2.08. The van der Waals surface area contributed by atoms with E-state index in [9.17, 15) is 0 Å². The van der Waals surface area contributed by atoms with Gasteiger partial charge in [-0.1, -0.05) is 31.2 Å². The first kappa shape index (κ1) is 14.2. The molecule has 0 aliphatic carbocycles. The number of aryl methyl sites for hydroxylation is 1. The molecule has 2 aromatic carbocycles. The second kappa shape index (κ2) is 5.68. The number of hydrogen-bond acceptors (Lipinski definition) is 4. The lowest BCUT2D eigenvalue weighted by atomic mass is 10.1. The van der Waals surface area contributed by atoms with Crippen LogP contribution in [-0.4, -0.2) is 9.97 Å². The summed E-state index contributed by atoms with van der Waals surface area (Å²) in [6, 6.07) is 12.9. The topological polar surface area (TPSA) is 66.7 Å². The van der Waals surface area contributed by atoms with Gasteiger partial charge in [0.2, 0.25) is 0 Å². The summed E-state index contributed by atoms with van der Waals surface area (Å²) in [5.41, 5.74) is 11.3. The van der Waals surface area contributed by atoms with E-state index < -0.39 is 0 Å². The summed E-state index contributed by atoms with van der Waals surface area (Å²) < 4.78 is 0. The summed E-state index contributed by atoms with van der Waals surface area (Å²) in [5.74, 6) is 0. The molecular weight excluding hydrogens is 304 g/mol. The maximum Gasteiger partial charge on any atom is 0.187 e. The molecule has 0 aliphatic heterocycles. The average Bonchev–Trinajstić information content (AvgIpc) is 3.18. The first-order valence-corrected chi connectivity index (χ1v) is 8.61. The van der Waals surface area contributed by atoms with E-state index in [0.717, 1.165) is 28.5 Å². The second-order valence-corrected chi connectivity index (χ2v) is 6.41. The van der Waals surface area contributed by atoms with Crippen molar-refractivity contribution in [1.29, 1.82) is 0 Å². The normalized spacial score (nSPS) is 11.4. The van der Waals surface area contributed by atoms with Gasteiger partial charge in [-0.05, 0) is 24.1 Å². The van der Waals surface area contributed by atoms with Crippen LogP contribution in [0, 0.1) is 0 Å². The van der Waals surface area contributed by atoms with Crippen molar-refractivity contribution < 1.29 is 0 Å². The number of hydrogen-bond donors (Lipinski definition) is 3. The lowest BCUT2D eigenvalue weighted by molar-refractivity contribution is 1.01. The molecule has 0 spiro atoms. The van der Waals surface area contributed by atoms with Crippen LogP contribution in [0.2, 0.25) is 0 Å².